The van der Waals surface area contributed by atoms with Crippen LogP contribution in [0.15, 0.2) is 18.2 Å². The Labute approximate surface area is 172 Å². The van der Waals surface area contributed by atoms with Gasteiger partial charge in [-0.15, -0.1) is 0 Å². The van der Waals surface area contributed by atoms with Gasteiger partial charge in [0.05, 0.1) is 10.7 Å². The van der Waals surface area contributed by atoms with E-state index in [0.29, 0.717) is 28.5 Å². The first kappa shape index (κ1) is 19.8. The normalized spacial score (nSPS) is 31.7. The van der Waals surface area contributed by atoms with Crippen molar-refractivity contribution >= 4 is 29.1 Å². The van der Waals surface area contributed by atoms with E-state index in [1.165, 1.54) is 19.3 Å². The van der Waals surface area contributed by atoms with Crippen LogP contribution >= 0.6 is 11.6 Å². The fraction of sp³-hybridized carbons (Fsp3) is 0.652. The Kier molecular flexibility index (Phi) is 5.20. The second kappa shape index (κ2) is 7.37. The predicted molar refractivity (Wildman–Crippen MR) is 112 cm³/mol. The van der Waals surface area contributed by atoms with E-state index in [-0.39, 0.29) is 23.1 Å². The lowest BCUT2D eigenvalue weighted by Gasteiger charge is -2.55. The highest BCUT2D eigenvalue weighted by Crippen LogP contribution is 2.60. The van der Waals surface area contributed by atoms with Crippen LogP contribution in [0.4, 0.5) is 5.69 Å². The summed E-state index contributed by atoms with van der Waals surface area (Å²) in [7, 11) is 0. The highest BCUT2D eigenvalue weighted by molar-refractivity contribution is 6.33. The molecule has 2 N–H and O–H groups in total. The Balaban J connectivity index is 1.47. The molecule has 0 radical (unpaired) electrons. The van der Waals surface area contributed by atoms with Gasteiger partial charge in [0.2, 0.25) is 11.8 Å². The summed E-state index contributed by atoms with van der Waals surface area (Å²) in [6.07, 6.45) is 6.90. The Morgan fingerprint density at radius 1 is 1.07 bits per heavy atom. The van der Waals surface area contributed by atoms with Crippen molar-refractivity contribution in [3.63, 3.8) is 0 Å². The van der Waals surface area contributed by atoms with Gasteiger partial charge in [0.1, 0.15) is 6.04 Å². The maximum atomic E-state index is 13.4. The average Bonchev–Trinajstić information content (AvgIpc) is 2.60. The minimum atomic E-state index is -0.558. The quantitative estimate of drug-likeness (QED) is 0.732. The predicted octanol–water partition coefficient (Wildman–Crippen LogP) is 4.94. The number of nitrogens with one attached hydrogen (secondary N) is 2. The number of aryl methyl sites for hydroxylation is 1. The molecule has 152 valence electrons. The molecule has 4 aliphatic carbocycles. The van der Waals surface area contributed by atoms with Gasteiger partial charge in [-0.1, -0.05) is 31.5 Å². The second-order valence-corrected chi connectivity index (χ2v) is 10.3. The molecule has 0 saturated heterocycles. The molecule has 4 bridgehead atoms. The van der Waals surface area contributed by atoms with Crippen molar-refractivity contribution in [3.05, 3.63) is 28.8 Å². The third-order valence-corrected chi connectivity index (χ3v) is 7.45. The summed E-state index contributed by atoms with van der Waals surface area (Å²) < 4.78 is 0. The number of carbonyl (C=O) groups is 2. The highest BCUT2D eigenvalue weighted by atomic mass is 35.5. The molecule has 0 unspecified atom stereocenters. The third-order valence-electron chi connectivity index (χ3n) is 7.14. The number of hydrogen-bond donors (Lipinski definition) is 2. The number of carbonyl (C=O) groups excluding carboxylic acids is 2. The number of rotatable bonds is 5. The van der Waals surface area contributed by atoms with Crippen LogP contribution in [0.25, 0.3) is 0 Å². The molecule has 0 spiro atoms. The summed E-state index contributed by atoms with van der Waals surface area (Å²) in [6, 6.07) is 5.00. The number of hydrogen-bond acceptors (Lipinski definition) is 2. The minimum Gasteiger partial charge on any atom is -0.344 e. The third kappa shape index (κ3) is 3.68. The summed E-state index contributed by atoms with van der Waals surface area (Å²) in [4.78, 5) is 26.3. The van der Waals surface area contributed by atoms with Crippen molar-refractivity contribution in [3.8, 4) is 0 Å². The molecule has 4 fully saturated rings. The number of amides is 2. The lowest BCUT2D eigenvalue weighted by atomic mass is 9.49. The molecule has 28 heavy (non-hydrogen) atoms. The van der Waals surface area contributed by atoms with Gasteiger partial charge >= 0.3 is 0 Å². The van der Waals surface area contributed by atoms with Gasteiger partial charge in [0.25, 0.3) is 0 Å². The molecule has 0 aromatic heterocycles. The Morgan fingerprint density at radius 3 is 2.14 bits per heavy atom. The summed E-state index contributed by atoms with van der Waals surface area (Å²) >= 11 is 6.27. The molecular weight excluding hydrogens is 372 g/mol. The zero-order valence-corrected chi connectivity index (χ0v) is 17.8. The standard InChI is InChI=1S/C23H31ClN2O2/c1-13(2)20(21(27)25-19-5-4-14(3)6-18(19)24)26-22(28)23-10-15-7-16(11-23)9-17(8-15)12-23/h4-6,13,15-17,20H,7-12H2,1-3H3,(H,25,27)(H,26,28)/t15?,16?,17?,20-,23?/m1/s1. The van der Waals surface area contributed by atoms with E-state index in [2.05, 4.69) is 10.6 Å². The lowest BCUT2D eigenvalue weighted by molar-refractivity contribution is -0.148. The Hall–Kier alpha value is -1.55. The zero-order valence-electron chi connectivity index (χ0n) is 17.1. The Bertz CT molecular complexity index is 754. The molecule has 1 aromatic carbocycles. The van der Waals surface area contributed by atoms with Gasteiger partial charge in [-0.2, -0.15) is 0 Å². The minimum absolute atomic E-state index is 0.00193. The fourth-order valence-electron chi connectivity index (χ4n) is 6.15. The van der Waals surface area contributed by atoms with Crippen LogP contribution in [0, 0.1) is 36.0 Å². The fourth-order valence-corrected chi connectivity index (χ4v) is 6.43. The SMILES string of the molecule is Cc1ccc(NC(=O)[C@H](NC(=O)C23CC4CC(CC(C4)C2)C3)C(C)C)c(Cl)c1. The molecule has 0 heterocycles. The summed E-state index contributed by atoms with van der Waals surface area (Å²) in [5.74, 6) is 2.01. The molecule has 1 atom stereocenters. The van der Waals surface area contributed by atoms with Crippen molar-refractivity contribution in [2.75, 3.05) is 5.32 Å². The van der Waals surface area contributed by atoms with E-state index < -0.39 is 6.04 Å². The van der Waals surface area contributed by atoms with E-state index in [4.69, 9.17) is 11.6 Å². The van der Waals surface area contributed by atoms with Gasteiger partial charge in [-0.25, -0.2) is 0 Å². The summed E-state index contributed by atoms with van der Waals surface area (Å²) in [6.45, 7) is 5.90. The molecular formula is C23H31ClN2O2. The zero-order chi connectivity index (χ0) is 20.1. The lowest BCUT2D eigenvalue weighted by Crippen LogP contribution is -2.57. The van der Waals surface area contributed by atoms with Crippen molar-refractivity contribution < 1.29 is 9.59 Å². The van der Waals surface area contributed by atoms with E-state index >= 15 is 0 Å². The largest absolute Gasteiger partial charge is 0.344 e. The van der Waals surface area contributed by atoms with Crippen molar-refractivity contribution in [2.24, 2.45) is 29.1 Å². The van der Waals surface area contributed by atoms with Crippen LogP contribution in [0.5, 0.6) is 0 Å². The highest BCUT2D eigenvalue weighted by Gasteiger charge is 2.55. The van der Waals surface area contributed by atoms with E-state index in [1.54, 1.807) is 0 Å². The molecule has 4 nitrogen and oxygen atoms in total. The topological polar surface area (TPSA) is 58.2 Å². The van der Waals surface area contributed by atoms with Crippen LogP contribution in [0.1, 0.15) is 57.9 Å². The van der Waals surface area contributed by atoms with Gasteiger partial charge in [-0.05, 0) is 86.8 Å². The van der Waals surface area contributed by atoms with Crippen LogP contribution in [-0.4, -0.2) is 17.9 Å². The first-order valence-electron chi connectivity index (χ1n) is 10.6. The molecule has 4 saturated carbocycles. The number of halogens is 1. The number of benzene rings is 1. The van der Waals surface area contributed by atoms with E-state index in [1.807, 2.05) is 39.0 Å². The molecule has 0 aliphatic heterocycles. The summed E-state index contributed by atoms with van der Waals surface area (Å²) in [5, 5.41) is 6.56. The van der Waals surface area contributed by atoms with E-state index in [0.717, 1.165) is 24.8 Å². The van der Waals surface area contributed by atoms with Crippen LogP contribution in [-0.2, 0) is 9.59 Å². The molecule has 5 rings (SSSR count). The van der Waals surface area contributed by atoms with Crippen molar-refractivity contribution in [1.29, 1.82) is 0 Å². The second-order valence-electron chi connectivity index (χ2n) is 9.87. The van der Waals surface area contributed by atoms with E-state index in [9.17, 15) is 9.59 Å². The van der Waals surface area contributed by atoms with Gasteiger partial charge in [0, 0.05) is 5.41 Å². The van der Waals surface area contributed by atoms with Crippen LogP contribution < -0.4 is 10.6 Å². The molecule has 4 aliphatic rings. The monoisotopic (exact) mass is 402 g/mol. The first-order valence-corrected chi connectivity index (χ1v) is 11.0. The molecule has 1 aromatic rings. The maximum Gasteiger partial charge on any atom is 0.247 e. The summed E-state index contributed by atoms with van der Waals surface area (Å²) in [5.41, 5.74) is 1.38. The molecule has 5 heteroatoms. The number of anilines is 1. The van der Waals surface area contributed by atoms with Crippen molar-refractivity contribution in [2.45, 2.75) is 65.3 Å². The van der Waals surface area contributed by atoms with Crippen LogP contribution in [0.3, 0.4) is 0 Å². The van der Waals surface area contributed by atoms with Crippen LogP contribution in [0.2, 0.25) is 5.02 Å². The maximum absolute atomic E-state index is 13.4. The van der Waals surface area contributed by atoms with Gasteiger partial charge in [-0.3, -0.25) is 9.59 Å². The van der Waals surface area contributed by atoms with Gasteiger partial charge in [0.15, 0.2) is 0 Å². The smallest absolute Gasteiger partial charge is 0.247 e. The first-order chi connectivity index (χ1) is 13.3. The average molecular weight is 403 g/mol. The molecule has 2 amide bonds. The Morgan fingerprint density at radius 2 is 1.64 bits per heavy atom. The van der Waals surface area contributed by atoms with Gasteiger partial charge < -0.3 is 10.6 Å². The van der Waals surface area contributed by atoms with Crippen molar-refractivity contribution in [1.82, 2.24) is 5.32 Å².